The first-order valence-corrected chi connectivity index (χ1v) is 11.8. The molecule has 168 valence electrons. The molecule has 0 bridgehead atoms. The minimum absolute atomic E-state index is 0.160. The van der Waals surface area contributed by atoms with Gasteiger partial charge in [-0.2, -0.15) is 14.6 Å². The Hall–Kier alpha value is -3.45. The van der Waals surface area contributed by atoms with Crippen molar-refractivity contribution in [2.75, 3.05) is 18.4 Å². The molecule has 1 aliphatic heterocycles. The number of hydrogen-bond acceptors (Lipinski definition) is 6. The molecule has 2 N–H and O–H groups in total. The van der Waals surface area contributed by atoms with Crippen molar-refractivity contribution in [1.82, 2.24) is 24.9 Å². The maximum absolute atomic E-state index is 6.28. The quantitative estimate of drug-likeness (QED) is 0.443. The molecule has 0 spiro atoms. The zero-order chi connectivity index (χ0) is 22.0. The number of rotatable bonds is 7. The highest BCUT2D eigenvalue weighted by Crippen LogP contribution is 2.42. The SMILES string of the molecule is c1ccc(-c2ccc(CNc3cc(O[C@@H]4CCCNC4)nc4c(C5CC5)cnn34)cc2)nc1. The molecule has 6 rings (SSSR count). The van der Waals surface area contributed by atoms with E-state index < -0.39 is 0 Å². The number of benzene rings is 1. The number of aromatic nitrogens is 4. The summed E-state index contributed by atoms with van der Waals surface area (Å²) < 4.78 is 8.20. The van der Waals surface area contributed by atoms with Crippen molar-refractivity contribution in [3.05, 3.63) is 72.1 Å². The van der Waals surface area contributed by atoms with E-state index in [1.807, 2.05) is 41.2 Å². The number of anilines is 1. The van der Waals surface area contributed by atoms with Crippen LogP contribution in [0.25, 0.3) is 16.9 Å². The molecule has 1 atom stereocenters. The van der Waals surface area contributed by atoms with Gasteiger partial charge in [0.05, 0.1) is 11.9 Å². The van der Waals surface area contributed by atoms with Gasteiger partial charge in [-0.05, 0) is 55.8 Å². The minimum Gasteiger partial charge on any atom is -0.473 e. The Balaban J connectivity index is 1.24. The zero-order valence-electron chi connectivity index (χ0n) is 18.6. The lowest BCUT2D eigenvalue weighted by atomic mass is 10.1. The van der Waals surface area contributed by atoms with Gasteiger partial charge in [0.2, 0.25) is 5.88 Å². The fourth-order valence-electron chi connectivity index (χ4n) is 4.44. The van der Waals surface area contributed by atoms with Gasteiger partial charge in [-0.3, -0.25) is 4.98 Å². The molecule has 7 nitrogen and oxygen atoms in total. The summed E-state index contributed by atoms with van der Waals surface area (Å²) in [6.07, 6.45) is 8.57. The van der Waals surface area contributed by atoms with Crippen molar-refractivity contribution in [3.8, 4) is 17.1 Å². The number of pyridine rings is 1. The first-order valence-electron chi connectivity index (χ1n) is 11.8. The van der Waals surface area contributed by atoms with Crippen LogP contribution in [0.4, 0.5) is 5.82 Å². The van der Waals surface area contributed by atoms with Crippen molar-refractivity contribution in [2.24, 2.45) is 0 Å². The molecule has 1 saturated heterocycles. The lowest BCUT2D eigenvalue weighted by Crippen LogP contribution is -2.37. The molecule has 4 heterocycles. The molecule has 1 saturated carbocycles. The van der Waals surface area contributed by atoms with Crippen LogP contribution in [-0.4, -0.2) is 38.8 Å². The van der Waals surface area contributed by atoms with Crippen molar-refractivity contribution in [1.29, 1.82) is 0 Å². The number of nitrogens with zero attached hydrogens (tertiary/aromatic N) is 4. The normalized spacial score (nSPS) is 18.4. The third-order valence-corrected chi connectivity index (χ3v) is 6.42. The van der Waals surface area contributed by atoms with Crippen LogP contribution in [0.5, 0.6) is 5.88 Å². The van der Waals surface area contributed by atoms with E-state index in [9.17, 15) is 0 Å². The largest absolute Gasteiger partial charge is 0.473 e. The summed E-state index contributed by atoms with van der Waals surface area (Å²) >= 11 is 0. The predicted octanol–water partition coefficient (Wildman–Crippen LogP) is 4.41. The number of hydrogen-bond donors (Lipinski definition) is 2. The van der Waals surface area contributed by atoms with Gasteiger partial charge in [-0.15, -0.1) is 0 Å². The van der Waals surface area contributed by atoms with Crippen molar-refractivity contribution in [3.63, 3.8) is 0 Å². The molecule has 4 aromatic rings. The van der Waals surface area contributed by atoms with Gasteiger partial charge in [0.1, 0.15) is 11.9 Å². The van der Waals surface area contributed by atoms with E-state index in [1.165, 1.54) is 24.0 Å². The molecule has 2 fully saturated rings. The minimum atomic E-state index is 0.160. The Morgan fingerprint density at radius 2 is 2.00 bits per heavy atom. The van der Waals surface area contributed by atoms with E-state index in [2.05, 4.69) is 45.0 Å². The lowest BCUT2D eigenvalue weighted by molar-refractivity contribution is 0.161. The molecule has 2 aliphatic rings. The number of nitrogens with one attached hydrogen (secondary N) is 2. The Bertz CT molecular complexity index is 1230. The molecule has 3 aromatic heterocycles. The fourth-order valence-corrected chi connectivity index (χ4v) is 4.44. The van der Waals surface area contributed by atoms with Crippen LogP contribution in [-0.2, 0) is 6.54 Å². The van der Waals surface area contributed by atoms with Crippen molar-refractivity contribution >= 4 is 11.5 Å². The fraction of sp³-hybridized carbons (Fsp3) is 0.346. The maximum atomic E-state index is 6.28. The smallest absolute Gasteiger partial charge is 0.219 e. The third kappa shape index (κ3) is 4.41. The van der Waals surface area contributed by atoms with Gasteiger partial charge < -0.3 is 15.4 Å². The predicted molar refractivity (Wildman–Crippen MR) is 128 cm³/mol. The monoisotopic (exact) mass is 440 g/mol. The van der Waals surface area contributed by atoms with Crippen LogP contribution in [0, 0.1) is 0 Å². The summed E-state index contributed by atoms with van der Waals surface area (Å²) in [5, 5.41) is 11.6. The third-order valence-electron chi connectivity index (χ3n) is 6.42. The van der Waals surface area contributed by atoms with E-state index in [0.717, 1.165) is 48.7 Å². The van der Waals surface area contributed by atoms with E-state index in [-0.39, 0.29) is 6.10 Å². The van der Waals surface area contributed by atoms with Gasteiger partial charge in [0.25, 0.3) is 0 Å². The second kappa shape index (κ2) is 8.83. The van der Waals surface area contributed by atoms with Crippen LogP contribution >= 0.6 is 0 Å². The van der Waals surface area contributed by atoms with Crippen LogP contribution in [0.3, 0.4) is 0 Å². The standard InChI is InChI=1S/C26H28N6O/c1-2-13-28-23(5-1)20-8-6-18(7-9-20)15-29-24-14-25(33-21-4-3-12-27-16-21)31-26-22(19-10-11-19)17-30-32(24)26/h1-2,5-9,13-14,17,19,21,27,29H,3-4,10-12,15-16H2/t21-/m1/s1. The summed E-state index contributed by atoms with van der Waals surface area (Å²) in [7, 11) is 0. The molecule has 1 aliphatic carbocycles. The number of ether oxygens (including phenoxy) is 1. The second-order valence-corrected chi connectivity index (χ2v) is 8.94. The summed E-state index contributed by atoms with van der Waals surface area (Å²) in [4.78, 5) is 9.29. The molecule has 7 heteroatoms. The van der Waals surface area contributed by atoms with Crippen LogP contribution in [0.15, 0.2) is 60.9 Å². The molecule has 0 amide bonds. The number of fused-ring (bicyclic) bond motifs is 1. The zero-order valence-corrected chi connectivity index (χ0v) is 18.6. The Morgan fingerprint density at radius 3 is 2.76 bits per heavy atom. The molecular formula is C26H28N6O. The van der Waals surface area contributed by atoms with Gasteiger partial charge in [0.15, 0.2) is 5.65 Å². The molecule has 0 radical (unpaired) electrons. The Morgan fingerprint density at radius 1 is 1.09 bits per heavy atom. The van der Waals surface area contributed by atoms with Crippen LogP contribution < -0.4 is 15.4 Å². The summed E-state index contributed by atoms with van der Waals surface area (Å²) in [6.45, 7) is 2.62. The topological polar surface area (TPSA) is 76.4 Å². The second-order valence-electron chi connectivity index (χ2n) is 8.94. The molecule has 1 aromatic carbocycles. The van der Waals surface area contributed by atoms with Gasteiger partial charge >= 0.3 is 0 Å². The lowest BCUT2D eigenvalue weighted by Gasteiger charge is -2.23. The van der Waals surface area contributed by atoms with E-state index >= 15 is 0 Å². The molecular weight excluding hydrogens is 412 g/mol. The van der Waals surface area contributed by atoms with E-state index in [4.69, 9.17) is 9.72 Å². The maximum Gasteiger partial charge on any atom is 0.219 e. The highest BCUT2D eigenvalue weighted by Gasteiger charge is 2.28. The van der Waals surface area contributed by atoms with Gasteiger partial charge in [-0.1, -0.05) is 30.3 Å². The molecule has 0 unspecified atom stereocenters. The van der Waals surface area contributed by atoms with E-state index in [1.54, 1.807) is 0 Å². The average molecular weight is 441 g/mol. The first kappa shape index (κ1) is 20.2. The van der Waals surface area contributed by atoms with Crippen LogP contribution in [0.1, 0.15) is 42.7 Å². The summed E-state index contributed by atoms with van der Waals surface area (Å²) in [5.41, 5.74) is 5.42. The highest BCUT2D eigenvalue weighted by molar-refractivity contribution is 5.60. The average Bonchev–Trinajstić information content (AvgIpc) is 3.63. The van der Waals surface area contributed by atoms with Crippen LogP contribution in [0.2, 0.25) is 0 Å². The highest BCUT2D eigenvalue weighted by atomic mass is 16.5. The Kier molecular flexibility index (Phi) is 5.40. The summed E-state index contributed by atoms with van der Waals surface area (Å²) in [5.74, 6) is 2.15. The first-order chi connectivity index (χ1) is 16.3. The van der Waals surface area contributed by atoms with E-state index in [0.29, 0.717) is 18.3 Å². The Labute approximate surface area is 193 Å². The van der Waals surface area contributed by atoms with Gasteiger partial charge in [-0.25, -0.2) is 0 Å². The number of piperidine rings is 1. The summed E-state index contributed by atoms with van der Waals surface area (Å²) in [6, 6.07) is 16.5. The van der Waals surface area contributed by atoms with Crippen molar-refractivity contribution in [2.45, 2.75) is 44.2 Å². The van der Waals surface area contributed by atoms with Gasteiger partial charge in [0, 0.05) is 36.5 Å². The van der Waals surface area contributed by atoms with Crippen molar-refractivity contribution < 1.29 is 4.74 Å². The molecule has 33 heavy (non-hydrogen) atoms.